The molecule has 1 saturated carbocycles. The first-order valence-electron chi connectivity index (χ1n) is 7.59. The molecule has 0 radical (unpaired) electrons. The van der Waals surface area contributed by atoms with Crippen LogP contribution >= 0.6 is 0 Å². The van der Waals surface area contributed by atoms with Crippen molar-refractivity contribution in [2.45, 2.75) is 46.5 Å². The highest BCUT2D eigenvalue weighted by Crippen LogP contribution is 2.43. The Morgan fingerprint density at radius 2 is 2.15 bits per heavy atom. The predicted octanol–water partition coefficient (Wildman–Crippen LogP) is 3.13. The van der Waals surface area contributed by atoms with Crippen molar-refractivity contribution in [3.63, 3.8) is 0 Å². The van der Waals surface area contributed by atoms with Crippen LogP contribution in [0.2, 0.25) is 0 Å². The number of pyridine rings is 1. The van der Waals surface area contributed by atoms with Gasteiger partial charge >= 0.3 is 0 Å². The van der Waals surface area contributed by atoms with Crippen molar-refractivity contribution in [1.29, 1.82) is 0 Å². The van der Waals surface area contributed by atoms with Crippen molar-refractivity contribution in [2.24, 2.45) is 5.41 Å². The van der Waals surface area contributed by atoms with Gasteiger partial charge in [-0.2, -0.15) is 0 Å². The number of hydrogen-bond acceptors (Lipinski definition) is 3. The van der Waals surface area contributed by atoms with Gasteiger partial charge in [-0.15, -0.1) is 0 Å². The maximum atomic E-state index is 12.4. The lowest BCUT2D eigenvalue weighted by Gasteiger charge is -2.41. The molecule has 0 atom stereocenters. The van der Waals surface area contributed by atoms with Crippen LogP contribution in [-0.4, -0.2) is 24.0 Å². The Balaban J connectivity index is 2.05. The van der Waals surface area contributed by atoms with Gasteiger partial charge in [-0.1, -0.05) is 13.3 Å². The molecule has 1 aliphatic carbocycles. The van der Waals surface area contributed by atoms with Crippen molar-refractivity contribution < 1.29 is 4.79 Å². The summed E-state index contributed by atoms with van der Waals surface area (Å²) < 4.78 is 0. The highest BCUT2D eigenvalue weighted by Gasteiger charge is 2.35. The van der Waals surface area contributed by atoms with Gasteiger partial charge in [0.05, 0.1) is 11.3 Å². The zero-order valence-electron chi connectivity index (χ0n) is 12.8. The Morgan fingerprint density at radius 3 is 2.70 bits per heavy atom. The molecule has 20 heavy (non-hydrogen) atoms. The molecule has 4 heteroatoms. The fourth-order valence-corrected chi connectivity index (χ4v) is 2.77. The maximum Gasteiger partial charge on any atom is 0.254 e. The number of aryl methyl sites for hydroxylation is 1. The lowest BCUT2D eigenvalue weighted by atomic mass is 9.67. The average molecular weight is 275 g/mol. The monoisotopic (exact) mass is 275 g/mol. The van der Waals surface area contributed by atoms with E-state index in [1.54, 1.807) is 6.20 Å². The number of nitrogens with zero attached hydrogens (tertiary/aromatic N) is 1. The Kier molecular flexibility index (Phi) is 4.63. The number of hydrogen-bond donors (Lipinski definition) is 2. The second-order valence-corrected chi connectivity index (χ2v) is 5.79. The Bertz CT molecular complexity index is 475. The lowest BCUT2D eigenvalue weighted by Crippen LogP contribution is -2.41. The van der Waals surface area contributed by atoms with E-state index < -0.39 is 0 Å². The smallest absolute Gasteiger partial charge is 0.254 e. The van der Waals surface area contributed by atoms with Gasteiger partial charge in [-0.25, -0.2) is 0 Å². The largest absolute Gasteiger partial charge is 0.385 e. The number of anilines is 1. The standard InChI is InChI=1S/C16H25N3O/c1-4-16(7-6-8-16)11-19-15(20)13-10-18-12(3)9-14(13)17-5-2/h9-10H,4-8,11H2,1-3H3,(H,17,18)(H,19,20). The van der Waals surface area contributed by atoms with Gasteiger partial charge in [0.1, 0.15) is 0 Å². The van der Waals surface area contributed by atoms with E-state index in [2.05, 4.69) is 22.5 Å². The number of aromatic nitrogens is 1. The summed E-state index contributed by atoms with van der Waals surface area (Å²) in [6.07, 6.45) is 6.56. The van der Waals surface area contributed by atoms with Crippen LogP contribution in [0.25, 0.3) is 0 Å². The highest BCUT2D eigenvalue weighted by atomic mass is 16.1. The molecule has 4 nitrogen and oxygen atoms in total. The molecule has 0 aliphatic heterocycles. The first-order chi connectivity index (χ1) is 9.60. The summed E-state index contributed by atoms with van der Waals surface area (Å²) in [5, 5.41) is 6.33. The second kappa shape index (κ2) is 6.25. The van der Waals surface area contributed by atoms with Crippen molar-refractivity contribution in [3.05, 3.63) is 23.5 Å². The zero-order chi connectivity index (χ0) is 14.6. The molecule has 0 unspecified atom stereocenters. The number of carbonyl (C=O) groups is 1. The zero-order valence-corrected chi connectivity index (χ0v) is 12.8. The van der Waals surface area contributed by atoms with E-state index in [-0.39, 0.29) is 5.91 Å². The Morgan fingerprint density at radius 1 is 1.40 bits per heavy atom. The first kappa shape index (κ1) is 14.8. The average Bonchev–Trinajstić information content (AvgIpc) is 2.38. The number of nitrogens with one attached hydrogen (secondary N) is 2. The van der Waals surface area contributed by atoms with Crippen LogP contribution in [0.1, 0.15) is 55.6 Å². The second-order valence-electron chi connectivity index (χ2n) is 5.79. The van der Waals surface area contributed by atoms with Gasteiger partial charge < -0.3 is 10.6 Å². The molecule has 110 valence electrons. The van der Waals surface area contributed by atoms with E-state index in [0.717, 1.165) is 30.9 Å². The van der Waals surface area contributed by atoms with Gasteiger partial charge in [0, 0.05) is 25.0 Å². The topological polar surface area (TPSA) is 54.0 Å². The number of carbonyl (C=O) groups excluding carboxylic acids is 1. The summed E-state index contributed by atoms with van der Waals surface area (Å²) in [7, 11) is 0. The van der Waals surface area contributed by atoms with Crippen LogP contribution < -0.4 is 10.6 Å². The summed E-state index contributed by atoms with van der Waals surface area (Å²) in [5.41, 5.74) is 2.77. The summed E-state index contributed by atoms with van der Waals surface area (Å²) in [6, 6.07) is 1.93. The summed E-state index contributed by atoms with van der Waals surface area (Å²) in [6.45, 7) is 7.74. The van der Waals surface area contributed by atoms with E-state index in [9.17, 15) is 4.79 Å². The minimum Gasteiger partial charge on any atom is -0.385 e. The summed E-state index contributed by atoms with van der Waals surface area (Å²) in [5.74, 6) is -0.0202. The van der Waals surface area contributed by atoms with Crippen LogP contribution in [0.15, 0.2) is 12.3 Å². The molecule has 0 saturated heterocycles. The third kappa shape index (κ3) is 3.11. The summed E-state index contributed by atoms with van der Waals surface area (Å²) >= 11 is 0. The fraction of sp³-hybridized carbons (Fsp3) is 0.625. The molecular weight excluding hydrogens is 250 g/mol. The molecule has 1 heterocycles. The first-order valence-corrected chi connectivity index (χ1v) is 7.59. The fourth-order valence-electron chi connectivity index (χ4n) is 2.77. The van der Waals surface area contributed by atoms with Gasteiger partial charge in [0.15, 0.2) is 0 Å². The lowest BCUT2D eigenvalue weighted by molar-refractivity contribution is 0.0850. The molecule has 0 spiro atoms. The molecule has 0 aromatic carbocycles. The molecule has 2 N–H and O–H groups in total. The van der Waals surface area contributed by atoms with Crippen LogP contribution in [0, 0.1) is 12.3 Å². The van der Waals surface area contributed by atoms with Crippen molar-refractivity contribution in [3.8, 4) is 0 Å². The molecular formula is C16H25N3O. The Labute approximate surface area is 121 Å². The van der Waals surface area contributed by atoms with E-state index in [4.69, 9.17) is 0 Å². The molecule has 1 aliphatic rings. The third-order valence-electron chi connectivity index (χ3n) is 4.44. The minimum absolute atomic E-state index is 0.0202. The van der Waals surface area contributed by atoms with E-state index in [1.165, 1.54) is 19.3 Å². The SMILES string of the molecule is CCNc1cc(C)ncc1C(=O)NCC1(CC)CCC1. The predicted molar refractivity (Wildman–Crippen MR) is 82.0 cm³/mol. The van der Waals surface area contributed by atoms with Gasteiger partial charge in [0.25, 0.3) is 5.91 Å². The number of amides is 1. The van der Waals surface area contributed by atoms with E-state index in [1.807, 2.05) is 19.9 Å². The normalized spacial score (nSPS) is 16.4. The van der Waals surface area contributed by atoms with Crippen molar-refractivity contribution in [1.82, 2.24) is 10.3 Å². The van der Waals surface area contributed by atoms with Crippen LogP contribution in [0.3, 0.4) is 0 Å². The Hall–Kier alpha value is -1.58. The van der Waals surface area contributed by atoms with E-state index >= 15 is 0 Å². The molecule has 0 bridgehead atoms. The van der Waals surface area contributed by atoms with Gasteiger partial charge in [-0.3, -0.25) is 9.78 Å². The van der Waals surface area contributed by atoms with Crippen LogP contribution in [0.5, 0.6) is 0 Å². The molecule has 1 aromatic heterocycles. The molecule has 1 aromatic rings. The number of rotatable bonds is 6. The van der Waals surface area contributed by atoms with E-state index in [0.29, 0.717) is 11.0 Å². The quantitative estimate of drug-likeness (QED) is 0.838. The maximum absolute atomic E-state index is 12.4. The van der Waals surface area contributed by atoms with Crippen molar-refractivity contribution >= 4 is 11.6 Å². The molecule has 1 fully saturated rings. The molecule has 1 amide bonds. The van der Waals surface area contributed by atoms with Crippen LogP contribution in [-0.2, 0) is 0 Å². The summed E-state index contributed by atoms with van der Waals surface area (Å²) in [4.78, 5) is 16.6. The van der Waals surface area contributed by atoms with Crippen LogP contribution in [0.4, 0.5) is 5.69 Å². The molecule has 2 rings (SSSR count). The third-order valence-corrected chi connectivity index (χ3v) is 4.44. The van der Waals surface area contributed by atoms with Crippen molar-refractivity contribution in [2.75, 3.05) is 18.4 Å². The van der Waals surface area contributed by atoms with Gasteiger partial charge in [0.2, 0.25) is 0 Å². The highest BCUT2D eigenvalue weighted by molar-refractivity contribution is 5.99. The minimum atomic E-state index is -0.0202. The van der Waals surface area contributed by atoms with Gasteiger partial charge in [-0.05, 0) is 44.6 Å².